The van der Waals surface area contributed by atoms with Gasteiger partial charge in [0.25, 0.3) is 0 Å². The molecular weight excluding hydrogens is 534 g/mol. The quantitative estimate of drug-likeness (QED) is 0.169. The zero-order valence-corrected chi connectivity index (χ0v) is 23.7. The van der Waals surface area contributed by atoms with E-state index < -0.39 is 5.97 Å². The highest BCUT2D eigenvalue weighted by molar-refractivity contribution is 7.99. The third-order valence-corrected chi connectivity index (χ3v) is 6.48. The molecule has 1 heterocycles. The normalized spacial score (nSPS) is 10.8. The van der Waals surface area contributed by atoms with Gasteiger partial charge in [-0.25, -0.2) is 4.79 Å². The van der Waals surface area contributed by atoms with Crippen LogP contribution in [0.3, 0.4) is 0 Å². The number of nitrogens with one attached hydrogen (secondary N) is 2. The van der Waals surface area contributed by atoms with E-state index in [-0.39, 0.29) is 24.1 Å². The van der Waals surface area contributed by atoms with E-state index in [1.54, 1.807) is 56.7 Å². The molecule has 3 aromatic rings. The highest BCUT2D eigenvalue weighted by atomic mass is 32.2. The highest BCUT2D eigenvalue weighted by Gasteiger charge is 2.15. The van der Waals surface area contributed by atoms with Crippen molar-refractivity contribution in [2.45, 2.75) is 38.5 Å². The van der Waals surface area contributed by atoms with Crippen molar-refractivity contribution in [1.82, 2.24) is 20.1 Å². The molecule has 2 N–H and O–H groups in total. The zero-order valence-electron chi connectivity index (χ0n) is 22.9. The monoisotopic (exact) mass is 567 g/mol. The average molecular weight is 568 g/mol. The van der Waals surface area contributed by atoms with E-state index in [9.17, 15) is 14.4 Å². The number of hydrogen-bond acceptors (Lipinski definition) is 9. The van der Waals surface area contributed by atoms with Crippen LogP contribution in [0, 0.1) is 0 Å². The van der Waals surface area contributed by atoms with Gasteiger partial charge in [-0.3, -0.25) is 9.59 Å². The second kappa shape index (κ2) is 15.3. The number of carbonyl (C=O) groups excluding carboxylic acids is 3. The molecule has 0 saturated heterocycles. The predicted octanol–water partition coefficient (Wildman–Crippen LogP) is 3.94. The lowest BCUT2D eigenvalue weighted by Gasteiger charge is -2.09. The number of thioether (sulfide) groups is 1. The zero-order chi connectivity index (χ0) is 28.9. The summed E-state index contributed by atoms with van der Waals surface area (Å²) in [6.07, 6.45) is 3.82. The first kappa shape index (κ1) is 30.2. The van der Waals surface area contributed by atoms with Gasteiger partial charge < -0.3 is 29.4 Å². The van der Waals surface area contributed by atoms with E-state index in [2.05, 4.69) is 20.8 Å². The standard InChI is InChI=1S/C28H33N5O6S/c1-5-14-39-27(36)20-8-7-9-21(16-20)30-26(35)18-40-28-32-31-24(33(28)6-2)17-29-25(34)13-11-19-10-12-22(37-3)23(15-19)38-4/h7-13,15-16H,5-6,14,17-18H2,1-4H3,(H,29,34)(H,30,35)/b13-11+. The maximum absolute atomic E-state index is 12.5. The minimum atomic E-state index is -0.431. The first-order valence-electron chi connectivity index (χ1n) is 12.7. The van der Waals surface area contributed by atoms with Crippen molar-refractivity contribution in [3.05, 3.63) is 65.5 Å². The van der Waals surface area contributed by atoms with Gasteiger partial charge in [-0.05, 0) is 55.3 Å². The fourth-order valence-electron chi connectivity index (χ4n) is 3.56. The summed E-state index contributed by atoms with van der Waals surface area (Å²) < 4.78 is 17.5. The number of rotatable bonds is 14. The van der Waals surface area contributed by atoms with Crippen LogP contribution < -0.4 is 20.1 Å². The summed E-state index contributed by atoms with van der Waals surface area (Å²) in [5.74, 6) is 0.840. The third kappa shape index (κ3) is 8.60. The van der Waals surface area contributed by atoms with Gasteiger partial charge in [0.2, 0.25) is 11.8 Å². The molecule has 1 aromatic heterocycles. The predicted molar refractivity (Wildman–Crippen MR) is 152 cm³/mol. The number of anilines is 1. The largest absolute Gasteiger partial charge is 0.493 e. The lowest BCUT2D eigenvalue weighted by Crippen LogP contribution is -2.22. The number of nitrogens with zero attached hydrogens (tertiary/aromatic N) is 3. The third-order valence-electron chi connectivity index (χ3n) is 5.52. The van der Waals surface area contributed by atoms with Crippen LogP contribution in [0.15, 0.2) is 53.7 Å². The number of carbonyl (C=O) groups is 3. The fourth-order valence-corrected chi connectivity index (χ4v) is 4.38. The van der Waals surface area contributed by atoms with Crippen LogP contribution in [-0.4, -0.2) is 59.1 Å². The minimum absolute atomic E-state index is 0.0864. The van der Waals surface area contributed by atoms with Crippen LogP contribution in [0.2, 0.25) is 0 Å². The number of aromatic nitrogens is 3. The van der Waals surface area contributed by atoms with Crippen molar-refractivity contribution in [3.63, 3.8) is 0 Å². The van der Waals surface area contributed by atoms with E-state index in [0.717, 1.165) is 12.0 Å². The Labute approximate surface area is 237 Å². The van der Waals surface area contributed by atoms with E-state index in [1.807, 2.05) is 24.5 Å². The SMILES string of the molecule is CCCOC(=O)c1cccc(NC(=O)CSc2nnc(CNC(=O)/C=C/c3ccc(OC)c(OC)c3)n2CC)c1. The fraction of sp³-hybridized carbons (Fsp3) is 0.321. The highest BCUT2D eigenvalue weighted by Crippen LogP contribution is 2.28. The second-order valence-corrected chi connectivity index (χ2v) is 9.30. The summed E-state index contributed by atoms with van der Waals surface area (Å²) in [4.78, 5) is 37.0. The van der Waals surface area contributed by atoms with Gasteiger partial charge in [-0.15, -0.1) is 10.2 Å². The minimum Gasteiger partial charge on any atom is -0.493 e. The lowest BCUT2D eigenvalue weighted by molar-refractivity contribution is -0.116. The van der Waals surface area contributed by atoms with Gasteiger partial charge in [0, 0.05) is 18.3 Å². The van der Waals surface area contributed by atoms with Gasteiger partial charge >= 0.3 is 5.97 Å². The molecule has 0 atom stereocenters. The van der Waals surface area contributed by atoms with E-state index >= 15 is 0 Å². The number of ether oxygens (including phenoxy) is 3. The van der Waals surface area contributed by atoms with Gasteiger partial charge in [0.05, 0.1) is 38.7 Å². The molecule has 0 spiro atoms. The second-order valence-electron chi connectivity index (χ2n) is 8.36. The first-order chi connectivity index (χ1) is 19.4. The average Bonchev–Trinajstić information content (AvgIpc) is 3.38. The van der Waals surface area contributed by atoms with Gasteiger partial charge in [-0.1, -0.05) is 30.8 Å². The lowest BCUT2D eigenvalue weighted by atomic mass is 10.2. The Morgan fingerprint density at radius 1 is 1.02 bits per heavy atom. The van der Waals surface area contributed by atoms with Gasteiger partial charge in [0.1, 0.15) is 0 Å². The summed E-state index contributed by atoms with van der Waals surface area (Å²) in [5.41, 5.74) is 1.65. The molecule has 0 aliphatic carbocycles. The molecule has 0 radical (unpaired) electrons. The molecule has 0 aliphatic rings. The van der Waals surface area contributed by atoms with Gasteiger partial charge in [0.15, 0.2) is 22.5 Å². The van der Waals surface area contributed by atoms with Crippen LogP contribution in [0.4, 0.5) is 5.69 Å². The summed E-state index contributed by atoms with van der Waals surface area (Å²) in [5, 5.41) is 14.5. The molecule has 212 valence electrons. The molecule has 3 rings (SSSR count). The molecule has 0 fully saturated rings. The summed E-state index contributed by atoms with van der Waals surface area (Å²) in [6, 6.07) is 12.0. The van der Waals surface area contributed by atoms with E-state index in [1.165, 1.54) is 17.8 Å². The first-order valence-corrected chi connectivity index (χ1v) is 13.7. The van der Waals surface area contributed by atoms with Crippen molar-refractivity contribution in [3.8, 4) is 11.5 Å². The van der Waals surface area contributed by atoms with Crippen molar-refractivity contribution < 1.29 is 28.6 Å². The van der Waals surface area contributed by atoms with Crippen LogP contribution in [-0.2, 0) is 27.4 Å². The van der Waals surface area contributed by atoms with Gasteiger partial charge in [-0.2, -0.15) is 0 Å². The van der Waals surface area contributed by atoms with Crippen LogP contribution in [0.5, 0.6) is 11.5 Å². The molecule has 11 nitrogen and oxygen atoms in total. The summed E-state index contributed by atoms with van der Waals surface area (Å²) >= 11 is 1.23. The Kier molecular flexibility index (Phi) is 11.6. The van der Waals surface area contributed by atoms with E-state index in [0.29, 0.717) is 46.9 Å². The number of esters is 1. The molecule has 2 aromatic carbocycles. The van der Waals surface area contributed by atoms with Crippen LogP contribution >= 0.6 is 11.8 Å². The number of benzene rings is 2. The number of methoxy groups -OCH3 is 2. The number of hydrogen-bond donors (Lipinski definition) is 2. The Bertz CT molecular complexity index is 1360. The Hall–Kier alpha value is -4.32. The van der Waals surface area contributed by atoms with Crippen molar-refractivity contribution in [1.29, 1.82) is 0 Å². The summed E-state index contributed by atoms with van der Waals surface area (Å²) in [6.45, 7) is 4.92. The Balaban J connectivity index is 1.52. The molecule has 12 heteroatoms. The molecule has 40 heavy (non-hydrogen) atoms. The molecule has 0 aliphatic heterocycles. The van der Waals surface area contributed by atoms with Crippen molar-refractivity contribution in [2.75, 3.05) is 31.9 Å². The van der Waals surface area contributed by atoms with Crippen LogP contribution in [0.1, 0.15) is 42.0 Å². The number of amides is 2. The Morgan fingerprint density at radius 3 is 2.55 bits per heavy atom. The topological polar surface area (TPSA) is 134 Å². The molecule has 0 bridgehead atoms. The maximum atomic E-state index is 12.5. The maximum Gasteiger partial charge on any atom is 0.338 e. The molecule has 2 amide bonds. The van der Waals surface area contributed by atoms with E-state index in [4.69, 9.17) is 14.2 Å². The Morgan fingerprint density at radius 2 is 1.82 bits per heavy atom. The van der Waals surface area contributed by atoms with Crippen LogP contribution in [0.25, 0.3) is 6.08 Å². The molecule has 0 unspecified atom stereocenters. The van der Waals surface area contributed by atoms with Crippen molar-refractivity contribution in [2.24, 2.45) is 0 Å². The summed E-state index contributed by atoms with van der Waals surface area (Å²) in [7, 11) is 3.11. The smallest absolute Gasteiger partial charge is 0.338 e. The molecular formula is C28H33N5O6S. The molecule has 0 saturated carbocycles. The van der Waals surface area contributed by atoms with Crippen molar-refractivity contribution >= 4 is 41.3 Å².